The molecule has 0 radical (unpaired) electrons. The van der Waals surface area contributed by atoms with Gasteiger partial charge in [-0.2, -0.15) is 0 Å². The van der Waals surface area contributed by atoms with Crippen LogP contribution in [0.15, 0.2) is 41.3 Å². The number of methoxy groups -OCH3 is 1. The molecule has 6 heteroatoms. The zero-order valence-electron chi connectivity index (χ0n) is 18.9. The fourth-order valence-electron chi connectivity index (χ4n) is 5.07. The molecule has 31 heavy (non-hydrogen) atoms. The van der Waals surface area contributed by atoms with Crippen molar-refractivity contribution >= 4 is 10.0 Å². The average molecular weight is 444 g/mol. The Morgan fingerprint density at radius 1 is 1.13 bits per heavy atom. The van der Waals surface area contributed by atoms with Gasteiger partial charge in [0.1, 0.15) is 17.1 Å². The van der Waals surface area contributed by atoms with Crippen LogP contribution in [0.2, 0.25) is 0 Å². The van der Waals surface area contributed by atoms with Crippen molar-refractivity contribution in [3.05, 3.63) is 53.1 Å². The summed E-state index contributed by atoms with van der Waals surface area (Å²) in [5, 5.41) is 0. The molecule has 1 aliphatic heterocycles. The molecule has 0 aromatic heterocycles. The molecule has 1 spiro atoms. The molecule has 1 aliphatic carbocycles. The Labute approximate surface area is 186 Å². The van der Waals surface area contributed by atoms with Crippen molar-refractivity contribution in [2.45, 2.75) is 81.8 Å². The molecule has 0 bridgehead atoms. The van der Waals surface area contributed by atoms with Crippen LogP contribution in [-0.4, -0.2) is 21.1 Å². The maximum Gasteiger partial charge on any atom is 0.241 e. The maximum absolute atomic E-state index is 13.6. The third kappa shape index (κ3) is 4.33. The quantitative estimate of drug-likeness (QED) is 0.650. The van der Waals surface area contributed by atoms with Crippen molar-refractivity contribution in [2.75, 3.05) is 7.11 Å². The van der Waals surface area contributed by atoms with Gasteiger partial charge in [-0.25, -0.2) is 13.1 Å². The van der Waals surface area contributed by atoms with Gasteiger partial charge in [0.15, 0.2) is 0 Å². The van der Waals surface area contributed by atoms with Crippen LogP contribution in [0.3, 0.4) is 0 Å². The van der Waals surface area contributed by atoms with E-state index >= 15 is 0 Å². The molecule has 1 saturated carbocycles. The van der Waals surface area contributed by atoms with Crippen LogP contribution in [0.1, 0.15) is 81.0 Å². The number of hydrogen-bond donors (Lipinski definition) is 1. The Morgan fingerprint density at radius 3 is 2.52 bits per heavy atom. The first kappa shape index (κ1) is 22.2. The SMILES string of the molecule is COc1cc(C)c(S(=O)(=O)N[C@H]2CC3(CCCCC3)Oc3ccccc32)cc1C(C)C. The fraction of sp³-hybridized carbons (Fsp3) is 0.520. The normalized spacial score (nSPS) is 20.4. The van der Waals surface area contributed by atoms with Crippen LogP contribution in [-0.2, 0) is 10.0 Å². The van der Waals surface area contributed by atoms with Crippen molar-refractivity contribution in [2.24, 2.45) is 0 Å². The average Bonchev–Trinajstić information content (AvgIpc) is 2.73. The van der Waals surface area contributed by atoms with E-state index in [1.165, 1.54) is 6.42 Å². The lowest BCUT2D eigenvalue weighted by Crippen LogP contribution is -2.46. The molecule has 2 aliphatic rings. The molecule has 168 valence electrons. The summed E-state index contributed by atoms with van der Waals surface area (Å²) in [4.78, 5) is 0.318. The summed E-state index contributed by atoms with van der Waals surface area (Å²) in [7, 11) is -2.11. The summed E-state index contributed by atoms with van der Waals surface area (Å²) in [6.07, 6.45) is 6.06. The first-order valence-corrected chi connectivity index (χ1v) is 12.7. The third-order valence-corrected chi connectivity index (χ3v) is 8.31. The molecule has 1 N–H and O–H groups in total. The molecular weight excluding hydrogens is 410 g/mol. The van der Waals surface area contributed by atoms with Gasteiger partial charge >= 0.3 is 0 Å². The molecule has 0 saturated heterocycles. The minimum atomic E-state index is -3.73. The van der Waals surface area contributed by atoms with E-state index in [-0.39, 0.29) is 17.6 Å². The molecule has 5 nitrogen and oxygen atoms in total. The fourth-order valence-corrected chi connectivity index (χ4v) is 6.55. The Balaban J connectivity index is 1.71. The Bertz CT molecular complexity index is 1060. The van der Waals surface area contributed by atoms with Crippen molar-refractivity contribution in [3.63, 3.8) is 0 Å². The van der Waals surface area contributed by atoms with Crippen molar-refractivity contribution in [1.82, 2.24) is 4.72 Å². The standard InChI is InChI=1S/C25H33NO4S/c1-17(2)20-15-24(18(3)14-23(20)29-4)31(27,28)26-21-16-25(12-8-5-9-13-25)30-22-11-7-6-10-19(21)22/h6-7,10-11,14-15,17,21,26H,5,8-9,12-13,16H2,1-4H3/t21-/m0/s1. The van der Waals surface area contributed by atoms with Crippen LogP contribution in [0.5, 0.6) is 11.5 Å². The molecule has 0 unspecified atom stereocenters. The number of fused-ring (bicyclic) bond motifs is 1. The summed E-state index contributed by atoms with van der Waals surface area (Å²) < 4.78 is 42.2. The van der Waals surface area contributed by atoms with Crippen LogP contribution >= 0.6 is 0 Å². The first-order valence-electron chi connectivity index (χ1n) is 11.2. The number of benzene rings is 2. The zero-order valence-corrected chi connectivity index (χ0v) is 19.7. The van der Waals surface area contributed by atoms with Crippen LogP contribution in [0, 0.1) is 6.92 Å². The second-order valence-electron chi connectivity index (χ2n) is 9.28. The van der Waals surface area contributed by atoms with Gasteiger partial charge in [0, 0.05) is 12.0 Å². The highest BCUT2D eigenvalue weighted by Crippen LogP contribution is 2.46. The molecule has 2 aromatic carbocycles. The zero-order chi connectivity index (χ0) is 22.2. The highest BCUT2D eigenvalue weighted by molar-refractivity contribution is 7.89. The molecular formula is C25H33NO4S. The van der Waals surface area contributed by atoms with E-state index in [1.807, 2.05) is 51.1 Å². The lowest BCUT2D eigenvalue weighted by molar-refractivity contribution is 0.0000750. The van der Waals surface area contributed by atoms with Gasteiger partial charge in [-0.15, -0.1) is 0 Å². The monoisotopic (exact) mass is 443 g/mol. The van der Waals surface area contributed by atoms with Gasteiger partial charge in [0.25, 0.3) is 0 Å². The summed E-state index contributed by atoms with van der Waals surface area (Å²) in [6.45, 7) is 5.90. The van der Waals surface area contributed by atoms with E-state index in [0.717, 1.165) is 48.3 Å². The highest BCUT2D eigenvalue weighted by atomic mass is 32.2. The number of rotatable bonds is 5. The summed E-state index contributed by atoms with van der Waals surface area (Å²) in [5.74, 6) is 1.68. The second-order valence-corrected chi connectivity index (χ2v) is 11.0. The van der Waals surface area contributed by atoms with Crippen LogP contribution in [0.25, 0.3) is 0 Å². The first-order chi connectivity index (χ1) is 14.7. The third-order valence-electron chi connectivity index (χ3n) is 6.70. The lowest BCUT2D eigenvalue weighted by Gasteiger charge is -2.44. The number of para-hydroxylation sites is 1. The Kier molecular flexibility index (Phi) is 6.05. The molecule has 2 aromatic rings. The Hall–Kier alpha value is -2.05. The van der Waals surface area contributed by atoms with E-state index < -0.39 is 10.0 Å². The van der Waals surface area contributed by atoms with Crippen LogP contribution in [0.4, 0.5) is 0 Å². The molecule has 1 heterocycles. The number of ether oxygens (including phenoxy) is 2. The molecule has 0 amide bonds. The van der Waals surface area contributed by atoms with E-state index in [4.69, 9.17) is 9.47 Å². The van der Waals surface area contributed by atoms with Crippen LogP contribution < -0.4 is 14.2 Å². The topological polar surface area (TPSA) is 64.6 Å². The van der Waals surface area contributed by atoms with E-state index in [9.17, 15) is 8.42 Å². The predicted octanol–water partition coefficient (Wildman–Crippen LogP) is 5.63. The van der Waals surface area contributed by atoms with Gasteiger partial charge in [0.05, 0.1) is 18.0 Å². The highest BCUT2D eigenvalue weighted by Gasteiger charge is 2.43. The molecule has 4 rings (SSSR count). The predicted molar refractivity (Wildman–Crippen MR) is 122 cm³/mol. The van der Waals surface area contributed by atoms with E-state index in [1.54, 1.807) is 13.2 Å². The van der Waals surface area contributed by atoms with Gasteiger partial charge < -0.3 is 9.47 Å². The Morgan fingerprint density at radius 2 is 1.84 bits per heavy atom. The van der Waals surface area contributed by atoms with E-state index in [0.29, 0.717) is 16.9 Å². The van der Waals surface area contributed by atoms with Gasteiger partial charge in [-0.3, -0.25) is 0 Å². The van der Waals surface area contributed by atoms with Crippen molar-refractivity contribution in [1.29, 1.82) is 0 Å². The number of aryl methyl sites for hydroxylation is 1. The second kappa shape index (κ2) is 8.47. The van der Waals surface area contributed by atoms with Gasteiger partial charge in [-0.05, 0) is 67.9 Å². The van der Waals surface area contributed by atoms with E-state index in [2.05, 4.69) is 4.72 Å². The minimum absolute atomic E-state index is 0.152. The lowest BCUT2D eigenvalue weighted by atomic mass is 9.77. The van der Waals surface area contributed by atoms with Gasteiger partial charge in [0.2, 0.25) is 10.0 Å². The smallest absolute Gasteiger partial charge is 0.241 e. The van der Waals surface area contributed by atoms with Crippen molar-refractivity contribution in [3.8, 4) is 11.5 Å². The molecule has 1 fully saturated rings. The summed E-state index contributed by atoms with van der Waals surface area (Å²) in [6, 6.07) is 11.1. The largest absolute Gasteiger partial charge is 0.496 e. The number of sulfonamides is 1. The molecule has 1 atom stereocenters. The number of nitrogens with one attached hydrogen (secondary N) is 1. The summed E-state index contributed by atoms with van der Waals surface area (Å²) in [5.41, 5.74) is 2.21. The van der Waals surface area contributed by atoms with Crippen molar-refractivity contribution < 1.29 is 17.9 Å². The minimum Gasteiger partial charge on any atom is -0.496 e. The number of hydrogen-bond acceptors (Lipinski definition) is 4. The van der Waals surface area contributed by atoms with Gasteiger partial charge in [-0.1, -0.05) is 38.5 Å². The summed E-state index contributed by atoms with van der Waals surface area (Å²) >= 11 is 0. The maximum atomic E-state index is 13.6.